The van der Waals surface area contributed by atoms with Gasteiger partial charge in [-0.3, -0.25) is 9.35 Å². The third kappa shape index (κ3) is 3.02. The van der Waals surface area contributed by atoms with Gasteiger partial charge in [0.1, 0.15) is 5.78 Å². The fourth-order valence-corrected chi connectivity index (χ4v) is 5.74. The largest absolute Gasteiger partial charge is 0.300 e. The van der Waals surface area contributed by atoms with E-state index in [2.05, 4.69) is 0 Å². The number of carbonyl (C=O) groups excluding carboxylic acids is 1. The van der Waals surface area contributed by atoms with Crippen LogP contribution in [0, 0.1) is 23.2 Å². The fraction of sp³-hybridized carbons (Fsp3) is 0.929. The van der Waals surface area contributed by atoms with Crippen LogP contribution in [0.1, 0.15) is 51.4 Å². The molecule has 0 aromatic rings. The van der Waals surface area contributed by atoms with E-state index in [0.29, 0.717) is 6.42 Å². The summed E-state index contributed by atoms with van der Waals surface area (Å²) in [6, 6.07) is 0. The number of Topliss-reactive ketones (excluding diaryl/α,β-unsaturated/α-hetero) is 1. The molecule has 0 atom stereocenters. The standard InChI is InChI=1S/C14H22O4S/c15-13(1-2-19(16,17)18)9-14-6-10-3-11(7-14)5-12(4-10)8-14/h10-12H,1-9H2,(H,16,17,18). The van der Waals surface area contributed by atoms with Crippen molar-refractivity contribution in [3.63, 3.8) is 0 Å². The monoisotopic (exact) mass is 286 g/mol. The van der Waals surface area contributed by atoms with E-state index in [4.69, 9.17) is 4.55 Å². The summed E-state index contributed by atoms with van der Waals surface area (Å²) in [5.41, 5.74) is 0.172. The molecule has 0 aromatic heterocycles. The highest BCUT2D eigenvalue weighted by atomic mass is 32.2. The van der Waals surface area contributed by atoms with E-state index in [9.17, 15) is 13.2 Å². The molecule has 4 rings (SSSR count). The predicted molar refractivity (Wildman–Crippen MR) is 71.3 cm³/mol. The molecule has 19 heavy (non-hydrogen) atoms. The molecule has 4 aliphatic rings. The van der Waals surface area contributed by atoms with Crippen LogP contribution < -0.4 is 0 Å². The average molecular weight is 286 g/mol. The van der Waals surface area contributed by atoms with Crippen molar-refractivity contribution in [2.24, 2.45) is 23.2 Å². The van der Waals surface area contributed by atoms with Crippen molar-refractivity contribution in [3.8, 4) is 0 Å². The van der Waals surface area contributed by atoms with Crippen LogP contribution in [0.4, 0.5) is 0 Å². The minimum Gasteiger partial charge on any atom is -0.300 e. The molecule has 0 unspecified atom stereocenters. The molecule has 4 nitrogen and oxygen atoms in total. The maximum atomic E-state index is 12.0. The maximum absolute atomic E-state index is 12.0. The Labute approximate surface area is 114 Å². The van der Waals surface area contributed by atoms with Crippen LogP contribution in [-0.2, 0) is 14.9 Å². The van der Waals surface area contributed by atoms with Crippen LogP contribution in [0.2, 0.25) is 0 Å². The Hall–Kier alpha value is -0.420. The minimum absolute atomic E-state index is 0.0135. The highest BCUT2D eigenvalue weighted by Gasteiger charge is 2.51. The number of rotatable bonds is 5. The summed E-state index contributed by atoms with van der Waals surface area (Å²) in [6.45, 7) is 0. The van der Waals surface area contributed by atoms with Gasteiger partial charge in [0.2, 0.25) is 0 Å². The summed E-state index contributed by atoms with van der Waals surface area (Å²) in [4.78, 5) is 12.0. The molecular formula is C14H22O4S. The Morgan fingerprint density at radius 1 is 1.05 bits per heavy atom. The highest BCUT2D eigenvalue weighted by Crippen LogP contribution is 2.61. The van der Waals surface area contributed by atoms with Crippen LogP contribution in [-0.4, -0.2) is 24.5 Å². The topological polar surface area (TPSA) is 71.4 Å². The first-order valence-electron chi connectivity index (χ1n) is 7.30. The van der Waals surface area contributed by atoms with Gasteiger partial charge in [-0.15, -0.1) is 0 Å². The Morgan fingerprint density at radius 3 is 1.95 bits per heavy atom. The molecule has 4 fully saturated rings. The number of hydrogen-bond acceptors (Lipinski definition) is 3. The number of carbonyl (C=O) groups is 1. The van der Waals surface area contributed by atoms with Crippen molar-refractivity contribution in [2.75, 3.05) is 5.75 Å². The average Bonchev–Trinajstić information content (AvgIpc) is 2.22. The lowest BCUT2D eigenvalue weighted by atomic mass is 9.48. The Balaban J connectivity index is 1.61. The van der Waals surface area contributed by atoms with E-state index in [1.165, 1.54) is 19.3 Å². The summed E-state index contributed by atoms with van der Waals surface area (Å²) >= 11 is 0. The molecule has 5 heteroatoms. The van der Waals surface area contributed by atoms with Gasteiger partial charge >= 0.3 is 0 Å². The van der Waals surface area contributed by atoms with Gasteiger partial charge in [0.25, 0.3) is 10.1 Å². The van der Waals surface area contributed by atoms with Gasteiger partial charge in [-0.2, -0.15) is 8.42 Å². The Morgan fingerprint density at radius 2 is 1.53 bits per heavy atom. The van der Waals surface area contributed by atoms with Crippen molar-refractivity contribution in [1.29, 1.82) is 0 Å². The quantitative estimate of drug-likeness (QED) is 0.788. The molecular weight excluding hydrogens is 264 g/mol. The number of hydrogen-bond donors (Lipinski definition) is 1. The predicted octanol–water partition coefficient (Wildman–Crippen LogP) is 2.44. The van der Waals surface area contributed by atoms with Gasteiger partial charge in [0, 0.05) is 12.8 Å². The van der Waals surface area contributed by atoms with E-state index < -0.39 is 15.9 Å². The molecule has 4 aliphatic carbocycles. The summed E-state index contributed by atoms with van der Waals surface area (Å²) in [6.07, 6.45) is 8.03. The second-order valence-corrected chi connectivity index (χ2v) is 8.74. The van der Waals surface area contributed by atoms with Crippen LogP contribution in [0.3, 0.4) is 0 Å². The molecule has 0 spiro atoms. The van der Waals surface area contributed by atoms with Gasteiger partial charge in [0.15, 0.2) is 0 Å². The molecule has 108 valence electrons. The molecule has 0 saturated heterocycles. The van der Waals surface area contributed by atoms with E-state index in [-0.39, 0.29) is 17.6 Å². The van der Waals surface area contributed by atoms with Crippen molar-refractivity contribution in [3.05, 3.63) is 0 Å². The van der Waals surface area contributed by atoms with Crippen molar-refractivity contribution >= 4 is 15.9 Å². The minimum atomic E-state index is -4.01. The summed E-state index contributed by atoms with van der Waals surface area (Å²) < 4.78 is 30.1. The molecule has 0 heterocycles. The van der Waals surface area contributed by atoms with Crippen LogP contribution >= 0.6 is 0 Å². The van der Waals surface area contributed by atoms with Crippen molar-refractivity contribution in [2.45, 2.75) is 51.4 Å². The first kappa shape index (κ1) is 13.6. The second-order valence-electron chi connectivity index (χ2n) is 7.17. The highest BCUT2D eigenvalue weighted by molar-refractivity contribution is 7.85. The van der Waals surface area contributed by atoms with Crippen LogP contribution in [0.15, 0.2) is 0 Å². The Kier molecular flexibility index (Phi) is 3.25. The smallest absolute Gasteiger partial charge is 0.265 e. The third-order valence-electron chi connectivity index (χ3n) is 5.38. The first-order chi connectivity index (χ1) is 8.84. The van der Waals surface area contributed by atoms with E-state index in [1.807, 2.05) is 0 Å². The summed E-state index contributed by atoms with van der Waals surface area (Å²) in [5.74, 6) is 2.01. The molecule has 4 bridgehead atoms. The van der Waals surface area contributed by atoms with Gasteiger partial charge in [-0.25, -0.2) is 0 Å². The summed E-state index contributed by atoms with van der Waals surface area (Å²) in [5, 5.41) is 0. The molecule has 0 amide bonds. The lowest BCUT2D eigenvalue weighted by Crippen LogP contribution is -2.46. The number of ketones is 1. The van der Waals surface area contributed by atoms with E-state index in [1.54, 1.807) is 0 Å². The fourth-order valence-electron chi connectivity index (χ4n) is 5.26. The van der Waals surface area contributed by atoms with Crippen LogP contribution in [0.5, 0.6) is 0 Å². The zero-order valence-electron chi connectivity index (χ0n) is 11.2. The van der Waals surface area contributed by atoms with Gasteiger partial charge in [0.05, 0.1) is 5.75 Å². The van der Waals surface area contributed by atoms with E-state index in [0.717, 1.165) is 37.0 Å². The molecule has 0 aliphatic heterocycles. The van der Waals surface area contributed by atoms with Crippen LogP contribution in [0.25, 0.3) is 0 Å². The SMILES string of the molecule is O=C(CCS(=O)(=O)O)CC12CC3CC(CC(C3)C1)C2. The zero-order chi connectivity index (χ0) is 13.7. The molecule has 4 saturated carbocycles. The van der Waals surface area contributed by atoms with E-state index >= 15 is 0 Å². The van der Waals surface area contributed by atoms with Crippen molar-refractivity contribution in [1.82, 2.24) is 0 Å². The van der Waals surface area contributed by atoms with Gasteiger partial charge in [-0.05, 0) is 61.7 Å². The molecule has 1 N–H and O–H groups in total. The lowest BCUT2D eigenvalue weighted by molar-refractivity contribution is -0.127. The maximum Gasteiger partial charge on any atom is 0.265 e. The molecule has 0 radical (unpaired) electrons. The van der Waals surface area contributed by atoms with Gasteiger partial charge < -0.3 is 0 Å². The summed E-state index contributed by atoms with van der Waals surface area (Å²) in [7, 11) is -4.01. The Bertz CT molecular complexity index is 444. The zero-order valence-corrected chi connectivity index (χ0v) is 12.0. The normalized spacial score (nSPS) is 40.6. The molecule has 0 aromatic carbocycles. The van der Waals surface area contributed by atoms with Gasteiger partial charge in [-0.1, -0.05) is 0 Å². The first-order valence-corrected chi connectivity index (χ1v) is 8.91. The second kappa shape index (κ2) is 4.55. The third-order valence-corrected chi connectivity index (χ3v) is 6.10. The lowest BCUT2D eigenvalue weighted by Gasteiger charge is -2.56. The van der Waals surface area contributed by atoms with Crippen molar-refractivity contribution < 1.29 is 17.8 Å².